The number of hydrogen-bond acceptors (Lipinski definition) is 2. The van der Waals surface area contributed by atoms with Crippen LogP contribution in [-0.4, -0.2) is 20.2 Å². The fourth-order valence-corrected chi connectivity index (χ4v) is 2.32. The minimum atomic E-state index is 0.303. The highest BCUT2D eigenvalue weighted by atomic mass is 16.5. The number of rotatable bonds is 2. The van der Waals surface area contributed by atoms with Gasteiger partial charge in [-0.15, -0.1) is 0 Å². The van der Waals surface area contributed by atoms with Gasteiger partial charge in [0.25, 0.3) is 0 Å². The maximum atomic E-state index is 5.28. The summed E-state index contributed by atoms with van der Waals surface area (Å²) in [5.74, 6) is 0.980. The van der Waals surface area contributed by atoms with Crippen molar-refractivity contribution in [2.24, 2.45) is 0 Å². The van der Waals surface area contributed by atoms with Gasteiger partial charge in [0, 0.05) is 12.0 Å². The second-order valence-corrected chi connectivity index (χ2v) is 4.67. The molecule has 1 aromatic rings. The van der Waals surface area contributed by atoms with Gasteiger partial charge >= 0.3 is 0 Å². The van der Waals surface area contributed by atoms with Crippen LogP contribution in [0.4, 0.5) is 0 Å². The molecular weight excluding hydrogens is 186 g/mol. The summed E-state index contributed by atoms with van der Waals surface area (Å²) >= 11 is 0. The van der Waals surface area contributed by atoms with E-state index in [1.807, 2.05) is 0 Å². The average Bonchev–Trinajstić information content (AvgIpc) is 2.66. The standard InChI is InChI=1S/C13H19NO/c1-10-8-11(4-5-12(10)15-3)13(2)6-7-14-9-13/h4-5,8,14H,6-7,9H2,1-3H3. The third-order valence-corrected chi connectivity index (χ3v) is 3.46. The maximum Gasteiger partial charge on any atom is 0.121 e. The number of hydrogen-bond donors (Lipinski definition) is 1. The van der Waals surface area contributed by atoms with Gasteiger partial charge < -0.3 is 10.1 Å². The molecule has 0 aliphatic carbocycles. The van der Waals surface area contributed by atoms with Crippen LogP contribution in [0.25, 0.3) is 0 Å². The highest BCUT2D eigenvalue weighted by molar-refractivity contribution is 5.39. The van der Waals surface area contributed by atoms with E-state index in [1.165, 1.54) is 17.5 Å². The van der Waals surface area contributed by atoms with Crippen molar-refractivity contribution in [2.75, 3.05) is 20.2 Å². The van der Waals surface area contributed by atoms with E-state index in [9.17, 15) is 0 Å². The smallest absolute Gasteiger partial charge is 0.121 e. The molecule has 2 heteroatoms. The first-order chi connectivity index (χ1) is 7.15. The average molecular weight is 205 g/mol. The minimum Gasteiger partial charge on any atom is -0.496 e. The zero-order chi connectivity index (χ0) is 10.9. The van der Waals surface area contributed by atoms with Crippen LogP contribution in [0.15, 0.2) is 18.2 Å². The lowest BCUT2D eigenvalue weighted by Crippen LogP contribution is -2.24. The van der Waals surface area contributed by atoms with E-state index in [0.29, 0.717) is 5.41 Å². The van der Waals surface area contributed by atoms with E-state index >= 15 is 0 Å². The largest absolute Gasteiger partial charge is 0.496 e. The van der Waals surface area contributed by atoms with Gasteiger partial charge in [-0.25, -0.2) is 0 Å². The van der Waals surface area contributed by atoms with Crippen molar-refractivity contribution in [2.45, 2.75) is 25.7 Å². The molecule has 1 heterocycles. The van der Waals surface area contributed by atoms with Crippen LogP contribution >= 0.6 is 0 Å². The molecule has 82 valence electrons. The topological polar surface area (TPSA) is 21.3 Å². The van der Waals surface area contributed by atoms with E-state index in [1.54, 1.807) is 7.11 Å². The Balaban J connectivity index is 2.33. The Labute approximate surface area is 91.6 Å². The molecule has 0 saturated carbocycles. The Morgan fingerprint density at radius 3 is 2.73 bits per heavy atom. The molecule has 1 aliphatic heterocycles. The number of aryl methyl sites for hydroxylation is 1. The Morgan fingerprint density at radius 1 is 1.40 bits per heavy atom. The predicted octanol–water partition coefficient (Wildman–Crippen LogP) is 2.25. The van der Waals surface area contributed by atoms with Crippen molar-refractivity contribution in [3.63, 3.8) is 0 Å². The molecule has 1 aliphatic rings. The lowest BCUT2D eigenvalue weighted by atomic mass is 9.81. The van der Waals surface area contributed by atoms with Gasteiger partial charge in [0.15, 0.2) is 0 Å². The maximum absolute atomic E-state index is 5.28. The second-order valence-electron chi connectivity index (χ2n) is 4.67. The zero-order valence-electron chi connectivity index (χ0n) is 9.76. The molecule has 1 fully saturated rings. The summed E-state index contributed by atoms with van der Waals surface area (Å²) in [6.45, 7) is 6.64. The molecule has 2 rings (SSSR count). The third-order valence-electron chi connectivity index (χ3n) is 3.46. The van der Waals surface area contributed by atoms with E-state index in [4.69, 9.17) is 4.74 Å². The van der Waals surface area contributed by atoms with Gasteiger partial charge in [-0.05, 0) is 37.1 Å². The number of methoxy groups -OCH3 is 1. The van der Waals surface area contributed by atoms with Gasteiger partial charge in [-0.2, -0.15) is 0 Å². The Hall–Kier alpha value is -1.02. The fourth-order valence-electron chi connectivity index (χ4n) is 2.32. The zero-order valence-corrected chi connectivity index (χ0v) is 9.76. The van der Waals surface area contributed by atoms with E-state index in [0.717, 1.165) is 18.8 Å². The van der Waals surface area contributed by atoms with Crippen molar-refractivity contribution in [1.82, 2.24) is 5.32 Å². The van der Waals surface area contributed by atoms with Gasteiger partial charge in [-0.3, -0.25) is 0 Å². The van der Waals surface area contributed by atoms with Gasteiger partial charge in [0.1, 0.15) is 5.75 Å². The van der Waals surface area contributed by atoms with Crippen molar-refractivity contribution in [3.05, 3.63) is 29.3 Å². The van der Waals surface area contributed by atoms with Gasteiger partial charge in [-0.1, -0.05) is 19.1 Å². The second kappa shape index (κ2) is 3.86. The van der Waals surface area contributed by atoms with Crippen LogP contribution in [0.2, 0.25) is 0 Å². The highest BCUT2D eigenvalue weighted by Crippen LogP contribution is 2.32. The molecule has 0 amide bonds. The van der Waals surface area contributed by atoms with E-state index in [2.05, 4.69) is 37.4 Å². The summed E-state index contributed by atoms with van der Waals surface area (Å²) in [5, 5.41) is 3.43. The van der Waals surface area contributed by atoms with E-state index in [-0.39, 0.29) is 0 Å². The van der Waals surface area contributed by atoms with Crippen LogP contribution in [0.3, 0.4) is 0 Å². The lowest BCUT2D eigenvalue weighted by molar-refractivity contribution is 0.410. The van der Waals surface area contributed by atoms with Crippen molar-refractivity contribution < 1.29 is 4.74 Å². The number of nitrogens with one attached hydrogen (secondary N) is 1. The molecule has 0 aromatic heterocycles. The molecule has 1 unspecified atom stereocenters. The van der Waals surface area contributed by atoms with Gasteiger partial charge in [0.05, 0.1) is 7.11 Å². The SMILES string of the molecule is COc1ccc(C2(C)CCNC2)cc1C. The minimum absolute atomic E-state index is 0.303. The molecule has 1 atom stereocenters. The summed E-state index contributed by atoms with van der Waals surface area (Å²) in [5.41, 5.74) is 2.95. The summed E-state index contributed by atoms with van der Waals surface area (Å²) in [4.78, 5) is 0. The molecule has 2 nitrogen and oxygen atoms in total. The molecule has 0 bridgehead atoms. The van der Waals surface area contributed by atoms with E-state index < -0.39 is 0 Å². The molecule has 1 N–H and O–H groups in total. The summed E-state index contributed by atoms with van der Waals surface area (Å²) in [6.07, 6.45) is 1.22. The molecule has 0 radical (unpaired) electrons. The Morgan fingerprint density at radius 2 is 2.20 bits per heavy atom. The van der Waals surface area contributed by atoms with Crippen LogP contribution in [-0.2, 0) is 5.41 Å². The molecule has 1 aromatic carbocycles. The lowest BCUT2D eigenvalue weighted by Gasteiger charge is -2.24. The van der Waals surface area contributed by atoms with Gasteiger partial charge in [0.2, 0.25) is 0 Å². The predicted molar refractivity (Wildman–Crippen MR) is 62.6 cm³/mol. The molecule has 1 saturated heterocycles. The summed E-state index contributed by atoms with van der Waals surface area (Å²) in [6, 6.07) is 6.53. The summed E-state index contributed by atoms with van der Waals surface area (Å²) < 4.78 is 5.28. The number of ether oxygens (including phenoxy) is 1. The Bertz CT molecular complexity index is 354. The normalized spacial score (nSPS) is 25.5. The van der Waals surface area contributed by atoms with Crippen molar-refractivity contribution >= 4 is 0 Å². The third kappa shape index (κ3) is 1.86. The molecule has 0 spiro atoms. The first kappa shape index (κ1) is 10.5. The van der Waals surface area contributed by atoms with Crippen molar-refractivity contribution in [3.8, 4) is 5.75 Å². The molecular formula is C13H19NO. The quantitative estimate of drug-likeness (QED) is 0.799. The first-order valence-electron chi connectivity index (χ1n) is 5.51. The van der Waals surface area contributed by atoms with Crippen LogP contribution < -0.4 is 10.1 Å². The van der Waals surface area contributed by atoms with Crippen LogP contribution in [0.1, 0.15) is 24.5 Å². The van der Waals surface area contributed by atoms with Crippen LogP contribution in [0.5, 0.6) is 5.75 Å². The highest BCUT2D eigenvalue weighted by Gasteiger charge is 2.30. The fraction of sp³-hybridized carbons (Fsp3) is 0.538. The van der Waals surface area contributed by atoms with Crippen molar-refractivity contribution in [1.29, 1.82) is 0 Å². The first-order valence-corrected chi connectivity index (χ1v) is 5.51. The monoisotopic (exact) mass is 205 g/mol. The molecule has 15 heavy (non-hydrogen) atoms. The Kier molecular flexibility index (Phi) is 2.70. The summed E-state index contributed by atoms with van der Waals surface area (Å²) in [7, 11) is 1.72. The number of benzene rings is 1. The van der Waals surface area contributed by atoms with Crippen LogP contribution in [0, 0.1) is 6.92 Å².